The molecule has 4 aromatic rings. The summed E-state index contributed by atoms with van der Waals surface area (Å²) in [4.78, 5) is 16.7. The van der Waals surface area contributed by atoms with Crippen LogP contribution in [0.15, 0.2) is 36.4 Å². The lowest BCUT2D eigenvalue weighted by molar-refractivity contribution is 0.311. The van der Waals surface area contributed by atoms with Crippen molar-refractivity contribution in [1.29, 1.82) is 0 Å². The van der Waals surface area contributed by atoms with Crippen molar-refractivity contribution in [3.05, 3.63) is 53.6 Å². The van der Waals surface area contributed by atoms with E-state index in [0.717, 1.165) is 43.0 Å². The fourth-order valence-corrected chi connectivity index (χ4v) is 3.97. The van der Waals surface area contributed by atoms with Gasteiger partial charge >= 0.3 is 6.01 Å². The van der Waals surface area contributed by atoms with Crippen molar-refractivity contribution in [2.24, 2.45) is 0 Å². The van der Waals surface area contributed by atoms with E-state index in [4.69, 9.17) is 4.74 Å². The molecule has 9 nitrogen and oxygen atoms in total. The van der Waals surface area contributed by atoms with E-state index in [1.165, 1.54) is 6.07 Å². The zero-order valence-corrected chi connectivity index (χ0v) is 19.4. The largest absolute Gasteiger partial charge is 0.421 e. The molecule has 0 saturated carbocycles. The lowest BCUT2D eigenvalue weighted by atomic mass is 10.2. The second kappa shape index (κ2) is 9.14. The van der Waals surface area contributed by atoms with E-state index in [0.29, 0.717) is 23.0 Å². The molecule has 1 aliphatic rings. The summed E-state index contributed by atoms with van der Waals surface area (Å²) in [7, 11) is 2.10. The molecule has 1 fully saturated rings. The van der Waals surface area contributed by atoms with Crippen LogP contribution in [-0.4, -0.2) is 63.3 Å². The van der Waals surface area contributed by atoms with Crippen LogP contribution in [0.25, 0.3) is 17.0 Å². The van der Waals surface area contributed by atoms with Crippen molar-refractivity contribution in [1.82, 2.24) is 30.0 Å². The fourth-order valence-electron chi connectivity index (χ4n) is 3.97. The van der Waals surface area contributed by atoms with Crippen LogP contribution in [0.2, 0.25) is 0 Å². The van der Waals surface area contributed by atoms with Crippen LogP contribution in [0.3, 0.4) is 0 Å². The number of H-pyrrole nitrogens is 2. The number of aromatic amines is 2. The summed E-state index contributed by atoms with van der Waals surface area (Å²) in [6.07, 6.45) is 3.85. The summed E-state index contributed by atoms with van der Waals surface area (Å²) in [6.45, 7) is 7.36. The maximum Gasteiger partial charge on any atom is 0.326 e. The van der Waals surface area contributed by atoms with Crippen molar-refractivity contribution < 1.29 is 9.13 Å². The number of rotatable bonds is 6. The molecule has 3 N–H and O–H groups in total. The molecule has 1 aromatic carbocycles. The first-order valence-corrected chi connectivity index (χ1v) is 11.2. The molecule has 0 atom stereocenters. The summed E-state index contributed by atoms with van der Waals surface area (Å²) in [5.41, 5.74) is 2.53. The Morgan fingerprint density at radius 1 is 1.06 bits per heavy atom. The Morgan fingerprint density at radius 3 is 2.68 bits per heavy atom. The Labute approximate surface area is 196 Å². The number of benzene rings is 1. The van der Waals surface area contributed by atoms with Crippen LogP contribution in [0.1, 0.15) is 18.3 Å². The molecule has 0 spiro atoms. The third-order valence-electron chi connectivity index (χ3n) is 5.73. The van der Waals surface area contributed by atoms with Gasteiger partial charge in [-0.1, -0.05) is 6.08 Å². The van der Waals surface area contributed by atoms with Gasteiger partial charge in [0.15, 0.2) is 17.4 Å². The lowest BCUT2D eigenvalue weighted by Gasteiger charge is -2.33. The first-order valence-electron chi connectivity index (χ1n) is 11.2. The smallest absolute Gasteiger partial charge is 0.326 e. The number of allylic oxidation sites excluding steroid dienone is 1. The van der Waals surface area contributed by atoms with E-state index in [9.17, 15) is 4.39 Å². The molecular weight excluding hydrogens is 435 g/mol. The molecule has 0 radical (unpaired) electrons. The number of aryl methyl sites for hydroxylation is 1. The fraction of sp³-hybridized carbons (Fsp3) is 0.292. The van der Waals surface area contributed by atoms with Gasteiger partial charge in [-0.25, -0.2) is 4.39 Å². The van der Waals surface area contributed by atoms with Crippen molar-refractivity contribution in [2.75, 3.05) is 43.4 Å². The number of aromatic nitrogens is 5. The molecule has 4 heterocycles. The predicted octanol–water partition coefficient (Wildman–Crippen LogP) is 4.45. The molecule has 34 heavy (non-hydrogen) atoms. The topological polar surface area (TPSA) is 98.0 Å². The maximum atomic E-state index is 14.8. The third kappa shape index (κ3) is 4.72. The van der Waals surface area contributed by atoms with Crippen LogP contribution in [0.4, 0.5) is 21.8 Å². The Kier molecular flexibility index (Phi) is 5.89. The molecule has 5 rings (SSSR count). The van der Waals surface area contributed by atoms with Crippen LogP contribution in [-0.2, 0) is 0 Å². The molecule has 1 saturated heterocycles. The highest BCUT2D eigenvalue weighted by atomic mass is 19.1. The third-order valence-corrected chi connectivity index (χ3v) is 5.73. The Bertz CT molecular complexity index is 1340. The first-order chi connectivity index (χ1) is 16.5. The molecule has 0 aliphatic carbocycles. The molecule has 0 unspecified atom stereocenters. The van der Waals surface area contributed by atoms with E-state index in [1.54, 1.807) is 6.07 Å². The molecule has 10 heteroatoms. The van der Waals surface area contributed by atoms with E-state index in [2.05, 4.69) is 47.3 Å². The van der Waals surface area contributed by atoms with E-state index in [1.807, 2.05) is 44.2 Å². The van der Waals surface area contributed by atoms with Crippen LogP contribution in [0, 0.1) is 12.7 Å². The summed E-state index contributed by atoms with van der Waals surface area (Å²) < 4.78 is 20.7. The summed E-state index contributed by atoms with van der Waals surface area (Å²) in [6, 6.07) is 8.82. The highest BCUT2D eigenvalue weighted by Crippen LogP contribution is 2.30. The highest BCUT2D eigenvalue weighted by Gasteiger charge is 2.19. The quantitative estimate of drug-likeness (QED) is 0.389. The number of hydrogen-bond donors (Lipinski definition) is 3. The number of nitrogens with zero attached hydrogens (tertiary/aromatic N) is 5. The van der Waals surface area contributed by atoms with Gasteiger partial charge in [-0.15, -0.1) is 0 Å². The van der Waals surface area contributed by atoms with Crippen LogP contribution in [0.5, 0.6) is 11.8 Å². The van der Waals surface area contributed by atoms with Crippen molar-refractivity contribution in [3.63, 3.8) is 0 Å². The minimum absolute atomic E-state index is 0.0636. The van der Waals surface area contributed by atoms with Gasteiger partial charge in [0.1, 0.15) is 11.6 Å². The number of anilines is 3. The van der Waals surface area contributed by atoms with Crippen molar-refractivity contribution in [2.45, 2.75) is 13.8 Å². The van der Waals surface area contributed by atoms with Gasteiger partial charge in [0, 0.05) is 61.0 Å². The molecule has 0 bridgehead atoms. The van der Waals surface area contributed by atoms with Gasteiger partial charge < -0.3 is 24.8 Å². The van der Waals surface area contributed by atoms with Crippen LogP contribution < -0.4 is 15.0 Å². The molecular formula is C24H27FN8O. The average molecular weight is 463 g/mol. The van der Waals surface area contributed by atoms with E-state index >= 15 is 0 Å². The van der Waals surface area contributed by atoms with Gasteiger partial charge in [0.2, 0.25) is 0 Å². The van der Waals surface area contributed by atoms with Crippen molar-refractivity contribution in [3.8, 4) is 11.8 Å². The zero-order chi connectivity index (χ0) is 23.7. The summed E-state index contributed by atoms with van der Waals surface area (Å²) in [5, 5.41) is 11.3. The van der Waals surface area contributed by atoms with Gasteiger partial charge in [-0.2, -0.15) is 15.1 Å². The second-order valence-electron chi connectivity index (χ2n) is 8.44. The molecule has 1 aliphatic heterocycles. The summed E-state index contributed by atoms with van der Waals surface area (Å²) >= 11 is 0. The zero-order valence-electron chi connectivity index (χ0n) is 19.4. The number of likely N-dealkylation sites (N-methyl/N-ethyl adjacent to an activating group) is 1. The van der Waals surface area contributed by atoms with Gasteiger partial charge in [0.25, 0.3) is 0 Å². The second-order valence-corrected chi connectivity index (χ2v) is 8.44. The monoisotopic (exact) mass is 462 g/mol. The maximum absolute atomic E-state index is 14.8. The normalized spacial score (nSPS) is 14.9. The number of piperazine rings is 1. The van der Waals surface area contributed by atoms with Crippen LogP contribution >= 0.6 is 0 Å². The Balaban J connectivity index is 1.48. The number of nitrogens with one attached hydrogen (secondary N) is 3. The average Bonchev–Trinajstić information content (AvgIpc) is 3.39. The predicted molar refractivity (Wildman–Crippen MR) is 131 cm³/mol. The van der Waals surface area contributed by atoms with Crippen molar-refractivity contribution >= 4 is 34.4 Å². The van der Waals surface area contributed by atoms with E-state index < -0.39 is 5.82 Å². The first kappa shape index (κ1) is 21.9. The minimum atomic E-state index is -0.485. The standard InChI is InChI=1S/C24H27FN8O/c1-4-5-17-12-22(31-30-17)27-21-14-23(33-8-6-32(3)7-9-33)29-24(28-21)34-20-11-16-10-15(2)26-19(16)13-18(20)25/h4-5,10-14,26H,6-9H2,1-3H3,(H2,27,28,29,30,31)/b5-4+. The number of ether oxygens (including phenoxy) is 1. The number of halogens is 1. The number of fused-ring (bicyclic) bond motifs is 1. The van der Waals surface area contributed by atoms with Gasteiger partial charge in [0.05, 0.1) is 5.69 Å². The highest BCUT2D eigenvalue weighted by molar-refractivity contribution is 5.82. The van der Waals surface area contributed by atoms with E-state index in [-0.39, 0.29) is 11.8 Å². The van der Waals surface area contributed by atoms with Gasteiger partial charge in [-0.05, 0) is 39.1 Å². The minimum Gasteiger partial charge on any atom is -0.421 e. The van der Waals surface area contributed by atoms with Gasteiger partial charge in [-0.3, -0.25) is 5.10 Å². The SMILES string of the molecule is C/C=C/c1cc(Nc2cc(N3CCN(C)CC3)nc(Oc3cc4cc(C)[nH]c4cc3F)n2)n[nH]1. The molecule has 3 aromatic heterocycles. The lowest BCUT2D eigenvalue weighted by Crippen LogP contribution is -2.44. The molecule has 0 amide bonds. The Hall–Kier alpha value is -3.92. The number of hydrogen-bond acceptors (Lipinski definition) is 7. The molecule has 176 valence electrons. The Morgan fingerprint density at radius 2 is 1.88 bits per heavy atom. The summed E-state index contributed by atoms with van der Waals surface area (Å²) in [5.74, 6) is 1.42.